The normalized spacial score (nSPS) is 17.4. The molecule has 4 heterocycles. The van der Waals surface area contributed by atoms with Gasteiger partial charge in [-0.05, 0) is 12.1 Å². The first kappa shape index (κ1) is 12.6. The lowest BCUT2D eigenvalue weighted by atomic mass is 9.95. The van der Waals surface area contributed by atoms with Gasteiger partial charge in [-0.15, -0.1) is 11.3 Å². The number of amides is 1. The van der Waals surface area contributed by atoms with Gasteiger partial charge in [0.2, 0.25) is 0 Å². The maximum Gasteiger partial charge on any atom is 0.267 e. The van der Waals surface area contributed by atoms with Crippen LogP contribution < -0.4 is 9.47 Å². The van der Waals surface area contributed by atoms with Gasteiger partial charge in [-0.2, -0.15) is 0 Å². The van der Waals surface area contributed by atoms with Gasteiger partial charge >= 0.3 is 0 Å². The Morgan fingerprint density at radius 3 is 2.95 bits per heavy atom. The zero-order valence-corrected chi connectivity index (χ0v) is 12.1. The molecular formula is C15H14N2O3S. The molecule has 1 fully saturated rings. The Hall–Kier alpha value is -2.08. The van der Waals surface area contributed by atoms with Crippen LogP contribution in [0.4, 0.5) is 0 Å². The summed E-state index contributed by atoms with van der Waals surface area (Å²) in [7, 11) is 0. The lowest BCUT2D eigenvalue weighted by molar-refractivity contribution is 0.0596. The first-order valence-corrected chi connectivity index (χ1v) is 7.78. The van der Waals surface area contributed by atoms with Crippen LogP contribution in [-0.2, 0) is 0 Å². The molecule has 4 rings (SSSR count). The van der Waals surface area contributed by atoms with E-state index in [2.05, 4.69) is 4.98 Å². The fourth-order valence-corrected chi connectivity index (χ4v) is 3.50. The molecular weight excluding hydrogens is 288 g/mol. The number of ether oxygens (including phenoxy) is 2. The molecule has 0 atom stereocenters. The number of hydrogen-bond acceptors (Lipinski definition) is 5. The summed E-state index contributed by atoms with van der Waals surface area (Å²) in [5, 5.41) is 1.84. The van der Waals surface area contributed by atoms with Gasteiger partial charge in [-0.1, -0.05) is 6.07 Å². The monoisotopic (exact) mass is 302 g/mol. The lowest BCUT2D eigenvalue weighted by Gasteiger charge is -2.38. The predicted octanol–water partition coefficient (Wildman–Crippen LogP) is 2.15. The van der Waals surface area contributed by atoms with Crippen LogP contribution in [0.1, 0.15) is 21.3 Å². The molecule has 6 heteroatoms. The minimum absolute atomic E-state index is 0.0268. The predicted molar refractivity (Wildman–Crippen MR) is 78.2 cm³/mol. The molecule has 0 bridgehead atoms. The molecule has 1 amide bonds. The zero-order chi connectivity index (χ0) is 14.2. The van der Waals surface area contributed by atoms with Crippen molar-refractivity contribution in [2.24, 2.45) is 0 Å². The molecule has 2 aliphatic heterocycles. The third-order valence-corrected chi connectivity index (χ3v) is 4.70. The summed E-state index contributed by atoms with van der Waals surface area (Å²) in [5.74, 6) is 1.66. The van der Waals surface area contributed by atoms with Crippen LogP contribution >= 0.6 is 11.3 Å². The number of pyridine rings is 1. The van der Waals surface area contributed by atoms with Crippen molar-refractivity contribution < 1.29 is 14.3 Å². The molecule has 0 radical (unpaired) electrons. The number of thiophene rings is 1. The molecule has 5 nitrogen and oxygen atoms in total. The summed E-state index contributed by atoms with van der Waals surface area (Å²) >= 11 is 1.39. The Labute approximate surface area is 126 Å². The maximum absolute atomic E-state index is 12.5. The maximum atomic E-state index is 12.5. The topological polar surface area (TPSA) is 51.7 Å². The first-order chi connectivity index (χ1) is 10.3. The molecule has 2 aromatic rings. The third-order valence-electron chi connectivity index (χ3n) is 3.77. The third kappa shape index (κ3) is 2.15. The SMILES string of the molecule is O=C(c1scc2c1OCCO2)N1CC(c2ccccn2)C1. The van der Waals surface area contributed by atoms with Crippen LogP contribution in [0.3, 0.4) is 0 Å². The summed E-state index contributed by atoms with van der Waals surface area (Å²) < 4.78 is 11.1. The molecule has 2 aliphatic rings. The highest BCUT2D eigenvalue weighted by atomic mass is 32.1. The van der Waals surface area contributed by atoms with E-state index in [1.165, 1.54) is 11.3 Å². The second kappa shape index (κ2) is 5.04. The van der Waals surface area contributed by atoms with Gasteiger partial charge in [-0.3, -0.25) is 9.78 Å². The minimum Gasteiger partial charge on any atom is -0.485 e. The smallest absolute Gasteiger partial charge is 0.267 e. The molecule has 2 aromatic heterocycles. The van der Waals surface area contributed by atoms with Gasteiger partial charge < -0.3 is 14.4 Å². The first-order valence-electron chi connectivity index (χ1n) is 6.90. The quantitative estimate of drug-likeness (QED) is 0.853. The van der Waals surface area contributed by atoms with E-state index in [0.29, 0.717) is 48.6 Å². The zero-order valence-electron chi connectivity index (χ0n) is 11.3. The van der Waals surface area contributed by atoms with Crippen molar-refractivity contribution in [3.63, 3.8) is 0 Å². The van der Waals surface area contributed by atoms with Crippen LogP contribution in [-0.4, -0.2) is 42.1 Å². The Bertz CT molecular complexity index is 665. The Kier molecular flexibility index (Phi) is 3.03. The average molecular weight is 302 g/mol. The van der Waals surface area contributed by atoms with E-state index < -0.39 is 0 Å². The number of carbonyl (C=O) groups is 1. The number of carbonyl (C=O) groups excluding carboxylic acids is 1. The van der Waals surface area contributed by atoms with Crippen molar-refractivity contribution in [2.45, 2.75) is 5.92 Å². The van der Waals surface area contributed by atoms with Gasteiger partial charge in [-0.25, -0.2) is 0 Å². The van der Waals surface area contributed by atoms with Crippen molar-refractivity contribution in [3.8, 4) is 11.5 Å². The molecule has 0 spiro atoms. The number of likely N-dealkylation sites (tertiary alicyclic amines) is 1. The number of fused-ring (bicyclic) bond motifs is 1. The van der Waals surface area contributed by atoms with Gasteiger partial charge in [0.1, 0.15) is 18.1 Å². The second-order valence-corrected chi connectivity index (χ2v) is 6.00. The van der Waals surface area contributed by atoms with Crippen molar-refractivity contribution in [2.75, 3.05) is 26.3 Å². The fraction of sp³-hybridized carbons (Fsp3) is 0.333. The van der Waals surface area contributed by atoms with E-state index >= 15 is 0 Å². The Morgan fingerprint density at radius 1 is 1.29 bits per heavy atom. The molecule has 1 saturated heterocycles. The van der Waals surface area contributed by atoms with Crippen molar-refractivity contribution >= 4 is 17.2 Å². The molecule has 0 unspecified atom stereocenters. The van der Waals surface area contributed by atoms with Crippen LogP contribution in [0.25, 0.3) is 0 Å². The molecule has 0 aromatic carbocycles. The molecule has 0 N–H and O–H groups in total. The van der Waals surface area contributed by atoms with E-state index in [1.54, 1.807) is 6.20 Å². The second-order valence-electron chi connectivity index (χ2n) is 5.12. The largest absolute Gasteiger partial charge is 0.485 e. The summed E-state index contributed by atoms with van der Waals surface area (Å²) in [6.45, 7) is 2.47. The van der Waals surface area contributed by atoms with Gasteiger partial charge in [0.05, 0.1) is 0 Å². The van der Waals surface area contributed by atoms with E-state index in [0.717, 1.165) is 5.69 Å². The summed E-state index contributed by atoms with van der Waals surface area (Å²) in [4.78, 5) is 19.3. The van der Waals surface area contributed by atoms with Gasteiger partial charge in [0.25, 0.3) is 5.91 Å². The van der Waals surface area contributed by atoms with E-state index in [-0.39, 0.29) is 5.91 Å². The Morgan fingerprint density at radius 2 is 2.14 bits per heavy atom. The van der Waals surface area contributed by atoms with Gasteiger partial charge in [0, 0.05) is 36.3 Å². The summed E-state index contributed by atoms with van der Waals surface area (Å²) in [6.07, 6.45) is 1.79. The molecule has 21 heavy (non-hydrogen) atoms. The molecule has 0 aliphatic carbocycles. The lowest BCUT2D eigenvalue weighted by Crippen LogP contribution is -2.48. The van der Waals surface area contributed by atoms with Crippen LogP contribution in [0.2, 0.25) is 0 Å². The van der Waals surface area contributed by atoms with E-state index in [9.17, 15) is 4.79 Å². The van der Waals surface area contributed by atoms with Crippen molar-refractivity contribution in [1.29, 1.82) is 0 Å². The summed E-state index contributed by atoms with van der Waals surface area (Å²) in [6, 6.07) is 5.89. The number of hydrogen-bond donors (Lipinski definition) is 0. The van der Waals surface area contributed by atoms with E-state index in [4.69, 9.17) is 9.47 Å². The van der Waals surface area contributed by atoms with Crippen molar-refractivity contribution in [3.05, 3.63) is 40.3 Å². The fourth-order valence-electron chi connectivity index (χ4n) is 2.60. The minimum atomic E-state index is 0.0268. The summed E-state index contributed by atoms with van der Waals surface area (Å²) in [5.41, 5.74) is 1.05. The highest BCUT2D eigenvalue weighted by Gasteiger charge is 2.36. The van der Waals surface area contributed by atoms with Crippen molar-refractivity contribution in [1.82, 2.24) is 9.88 Å². The molecule has 0 saturated carbocycles. The van der Waals surface area contributed by atoms with Crippen LogP contribution in [0.15, 0.2) is 29.8 Å². The number of rotatable bonds is 2. The highest BCUT2D eigenvalue weighted by Crippen LogP contribution is 2.41. The average Bonchev–Trinajstić information content (AvgIpc) is 2.90. The van der Waals surface area contributed by atoms with E-state index in [1.807, 2.05) is 28.5 Å². The standard InChI is InChI=1S/C15H14N2O3S/c18-15(14-13-12(9-21-14)19-5-6-20-13)17-7-10(8-17)11-3-1-2-4-16-11/h1-4,9-10H,5-8H2. The van der Waals surface area contributed by atoms with Crippen LogP contribution in [0, 0.1) is 0 Å². The Balaban J connectivity index is 1.47. The number of aromatic nitrogens is 1. The highest BCUT2D eigenvalue weighted by molar-refractivity contribution is 7.12. The van der Waals surface area contributed by atoms with Crippen LogP contribution in [0.5, 0.6) is 11.5 Å². The molecule has 108 valence electrons. The number of nitrogens with zero attached hydrogens (tertiary/aromatic N) is 2. The van der Waals surface area contributed by atoms with Gasteiger partial charge in [0.15, 0.2) is 11.5 Å².